The Bertz CT molecular complexity index is 917. The van der Waals surface area contributed by atoms with Gasteiger partial charge in [0.2, 0.25) is 0 Å². The van der Waals surface area contributed by atoms with E-state index in [-0.39, 0.29) is 24.5 Å². The van der Waals surface area contributed by atoms with Crippen molar-refractivity contribution in [1.29, 1.82) is 0 Å². The number of halogens is 1. The Morgan fingerprint density at radius 3 is 2.03 bits per heavy atom. The first kappa shape index (κ1) is 28.8. The van der Waals surface area contributed by atoms with Crippen molar-refractivity contribution >= 4 is 11.6 Å². The van der Waals surface area contributed by atoms with E-state index in [9.17, 15) is 10.2 Å². The lowest BCUT2D eigenvalue weighted by atomic mass is 9.78. The molecule has 1 aliphatic heterocycles. The van der Waals surface area contributed by atoms with Gasteiger partial charge in [0.15, 0.2) is 0 Å². The summed E-state index contributed by atoms with van der Waals surface area (Å²) in [6, 6.07) is 16.1. The third-order valence-electron chi connectivity index (χ3n) is 5.85. The molecular formula is C27H40ClN3O4. The standard InChI is InChI=1S/C25H34ClN3O4.C2H6/c1-18-24(16-30)29(28-27-18)13-4-14-32-22-9-5-19(6-10-22)25(2,3)20-7-11-23(12-8-20)33-17-21(31)15-26;1-2/h5-12,21,27-28,30-31H,4,13-17H2,1-3H3;1-2H3. The number of aliphatic hydroxyl groups excluding tert-OH is 2. The van der Waals surface area contributed by atoms with Crippen molar-refractivity contribution in [2.45, 2.75) is 52.6 Å². The predicted octanol–water partition coefficient (Wildman–Crippen LogP) is 4.33. The molecule has 2 aromatic rings. The normalized spacial score (nSPS) is 14.2. The van der Waals surface area contributed by atoms with Crippen LogP contribution in [-0.4, -0.2) is 53.6 Å². The molecule has 0 amide bonds. The van der Waals surface area contributed by atoms with Crippen LogP contribution in [0.2, 0.25) is 0 Å². The molecular weight excluding hydrogens is 466 g/mol. The number of nitrogens with zero attached hydrogens (tertiary/aromatic N) is 1. The zero-order valence-corrected chi connectivity index (χ0v) is 22.2. The lowest BCUT2D eigenvalue weighted by molar-refractivity contribution is 0.125. The number of rotatable bonds is 12. The lowest BCUT2D eigenvalue weighted by Gasteiger charge is -2.26. The molecule has 0 saturated carbocycles. The summed E-state index contributed by atoms with van der Waals surface area (Å²) >= 11 is 5.60. The number of allylic oxidation sites excluding steroid dienone is 1. The molecule has 1 heterocycles. The fraction of sp³-hybridized carbons (Fsp3) is 0.481. The molecule has 1 aliphatic rings. The van der Waals surface area contributed by atoms with Crippen molar-refractivity contribution in [3.05, 3.63) is 71.1 Å². The Kier molecular flexibility index (Phi) is 11.7. The number of benzene rings is 2. The Morgan fingerprint density at radius 2 is 1.51 bits per heavy atom. The Hall–Kier alpha value is -2.45. The SMILES string of the molecule is CC.CC1=C(CO)N(CCCOc2ccc(C(C)(C)c3ccc(OCC(O)CCl)cc3)cc2)NN1. The Labute approximate surface area is 214 Å². The Morgan fingerprint density at radius 1 is 0.971 bits per heavy atom. The van der Waals surface area contributed by atoms with Crippen LogP contribution in [0.4, 0.5) is 0 Å². The number of nitrogens with one attached hydrogen (secondary N) is 2. The van der Waals surface area contributed by atoms with Crippen LogP contribution >= 0.6 is 11.6 Å². The van der Waals surface area contributed by atoms with Crippen LogP contribution in [0.5, 0.6) is 11.5 Å². The van der Waals surface area contributed by atoms with Gasteiger partial charge in [0.05, 0.1) is 24.8 Å². The molecule has 3 rings (SSSR count). The maximum absolute atomic E-state index is 9.54. The average Bonchev–Trinajstić information content (AvgIpc) is 3.25. The maximum atomic E-state index is 9.54. The molecule has 0 bridgehead atoms. The topological polar surface area (TPSA) is 86.2 Å². The van der Waals surface area contributed by atoms with E-state index in [0.717, 1.165) is 35.7 Å². The molecule has 35 heavy (non-hydrogen) atoms. The van der Waals surface area contributed by atoms with E-state index in [1.165, 1.54) is 5.56 Å². The van der Waals surface area contributed by atoms with Crippen molar-refractivity contribution in [1.82, 2.24) is 16.0 Å². The van der Waals surface area contributed by atoms with Gasteiger partial charge in [-0.25, -0.2) is 0 Å². The summed E-state index contributed by atoms with van der Waals surface area (Å²) in [6.07, 6.45) is 0.145. The predicted molar refractivity (Wildman–Crippen MR) is 141 cm³/mol. The van der Waals surface area contributed by atoms with Gasteiger partial charge >= 0.3 is 0 Å². The monoisotopic (exact) mass is 505 g/mol. The van der Waals surface area contributed by atoms with E-state index in [2.05, 4.69) is 36.9 Å². The van der Waals surface area contributed by atoms with Gasteiger partial charge in [-0.05, 0) is 42.3 Å². The van der Waals surface area contributed by atoms with Crippen molar-refractivity contribution < 1.29 is 19.7 Å². The first-order valence-electron chi connectivity index (χ1n) is 12.2. The molecule has 1 unspecified atom stereocenters. The molecule has 1 atom stereocenters. The second kappa shape index (κ2) is 14.2. The number of hydrogen-bond acceptors (Lipinski definition) is 7. The van der Waals surface area contributed by atoms with E-state index < -0.39 is 6.10 Å². The molecule has 0 spiro atoms. The highest BCUT2D eigenvalue weighted by atomic mass is 35.5. The van der Waals surface area contributed by atoms with Crippen molar-refractivity contribution in [3.8, 4) is 11.5 Å². The van der Waals surface area contributed by atoms with Crippen LogP contribution in [0, 0.1) is 0 Å². The minimum absolute atomic E-state index is 0.00313. The quantitative estimate of drug-likeness (QED) is 0.252. The highest BCUT2D eigenvalue weighted by molar-refractivity contribution is 6.18. The van der Waals surface area contributed by atoms with Crippen LogP contribution in [-0.2, 0) is 5.41 Å². The summed E-state index contributed by atoms with van der Waals surface area (Å²) < 4.78 is 11.5. The Balaban J connectivity index is 0.00000210. The van der Waals surface area contributed by atoms with Crippen LogP contribution in [0.25, 0.3) is 0 Å². The molecule has 2 aromatic carbocycles. The van der Waals surface area contributed by atoms with Gasteiger partial charge in [-0.15, -0.1) is 17.1 Å². The van der Waals surface area contributed by atoms with Crippen LogP contribution in [0.15, 0.2) is 59.9 Å². The molecule has 0 saturated heterocycles. The van der Waals surface area contributed by atoms with E-state index in [0.29, 0.717) is 12.4 Å². The zero-order chi connectivity index (χ0) is 25.8. The first-order valence-corrected chi connectivity index (χ1v) is 12.7. The molecule has 0 aliphatic carbocycles. The van der Waals surface area contributed by atoms with Crippen LogP contribution in [0.1, 0.15) is 52.2 Å². The minimum Gasteiger partial charge on any atom is -0.494 e. The number of aliphatic hydroxyl groups is 2. The van der Waals surface area contributed by atoms with Gasteiger partial charge in [-0.3, -0.25) is 5.01 Å². The van der Waals surface area contributed by atoms with Gasteiger partial charge in [-0.1, -0.05) is 52.0 Å². The largest absolute Gasteiger partial charge is 0.494 e. The summed E-state index contributed by atoms with van der Waals surface area (Å²) in [7, 11) is 0. The van der Waals surface area contributed by atoms with Crippen molar-refractivity contribution in [2.24, 2.45) is 0 Å². The smallest absolute Gasteiger partial charge is 0.119 e. The second-order valence-corrected chi connectivity index (χ2v) is 8.92. The highest BCUT2D eigenvalue weighted by Gasteiger charge is 2.23. The van der Waals surface area contributed by atoms with Gasteiger partial charge in [0, 0.05) is 24.1 Å². The molecule has 7 nitrogen and oxygen atoms in total. The number of alkyl halides is 1. The summed E-state index contributed by atoms with van der Waals surface area (Å²) in [6.45, 7) is 11.8. The number of ether oxygens (including phenoxy) is 2. The minimum atomic E-state index is -0.670. The second-order valence-electron chi connectivity index (χ2n) is 8.61. The van der Waals surface area contributed by atoms with Gasteiger partial charge in [-0.2, -0.15) is 0 Å². The molecule has 4 N–H and O–H groups in total. The van der Waals surface area contributed by atoms with E-state index >= 15 is 0 Å². The molecule has 8 heteroatoms. The van der Waals surface area contributed by atoms with E-state index in [4.69, 9.17) is 21.1 Å². The average molecular weight is 506 g/mol. The first-order chi connectivity index (χ1) is 16.8. The zero-order valence-electron chi connectivity index (χ0n) is 21.5. The molecule has 0 radical (unpaired) electrons. The number of hydrazine groups is 2. The van der Waals surface area contributed by atoms with Crippen molar-refractivity contribution in [3.63, 3.8) is 0 Å². The van der Waals surface area contributed by atoms with Crippen LogP contribution < -0.4 is 20.4 Å². The van der Waals surface area contributed by atoms with Gasteiger partial charge in [0.1, 0.15) is 24.2 Å². The third kappa shape index (κ3) is 8.04. The molecule has 0 aromatic heterocycles. The molecule has 0 fully saturated rings. The van der Waals surface area contributed by atoms with Gasteiger partial charge in [0.25, 0.3) is 0 Å². The summed E-state index contributed by atoms with van der Waals surface area (Å²) in [5.41, 5.74) is 9.99. The fourth-order valence-corrected chi connectivity index (χ4v) is 3.73. The maximum Gasteiger partial charge on any atom is 0.119 e. The summed E-state index contributed by atoms with van der Waals surface area (Å²) in [5.74, 6) is 1.69. The summed E-state index contributed by atoms with van der Waals surface area (Å²) in [4.78, 5) is 0. The van der Waals surface area contributed by atoms with E-state index in [1.54, 1.807) is 0 Å². The highest BCUT2D eigenvalue weighted by Crippen LogP contribution is 2.33. The fourth-order valence-electron chi connectivity index (χ4n) is 3.64. The number of hydrogen-bond donors (Lipinski definition) is 4. The molecule has 194 valence electrons. The summed E-state index contributed by atoms with van der Waals surface area (Å²) in [5, 5.41) is 20.9. The van der Waals surface area contributed by atoms with Gasteiger partial charge < -0.3 is 25.1 Å². The lowest BCUT2D eigenvalue weighted by Crippen LogP contribution is -2.39. The third-order valence-corrected chi connectivity index (χ3v) is 6.21. The van der Waals surface area contributed by atoms with Crippen LogP contribution in [0.3, 0.4) is 0 Å². The van der Waals surface area contributed by atoms with E-state index in [1.807, 2.05) is 62.2 Å². The van der Waals surface area contributed by atoms with Crippen molar-refractivity contribution in [2.75, 3.05) is 32.2 Å².